The molecule has 3 nitrogen and oxygen atoms in total. The van der Waals surface area contributed by atoms with Crippen LogP contribution in [0.2, 0.25) is 0 Å². The number of nitrogens with zero attached hydrogens (tertiary/aromatic N) is 3. The van der Waals surface area contributed by atoms with Crippen LogP contribution in [0.5, 0.6) is 0 Å². The minimum atomic E-state index is 0.866. The Kier molecular flexibility index (Phi) is 1.27. The predicted molar refractivity (Wildman–Crippen MR) is 43.2 cm³/mol. The maximum Gasteiger partial charge on any atom is 0.141 e. The molecule has 0 atom stereocenters. The van der Waals surface area contributed by atoms with Crippen molar-refractivity contribution in [3.63, 3.8) is 0 Å². The molecule has 0 aromatic carbocycles. The Balaban J connectivity index is 2.32. The lowest BCUT2D eigenvalue weighted by atomic mass is 10.3. The van der Waals surface area contributed by atoms with E-state index in [1.807, 2.05) is 21.1 Å². The van der Waals surface area contributed by atoms with Gasteiger partial charge in [-0.05, 0) is 6.08 Å². The third kappa shape index (κ3) is 0.759. The first-order chi connectivity index (χ1) is 4.88. The van der Waals surface area contributed by atoms with Crippen molar-refractivity contribution in [1.29, 1.82) is 0 Å². The van der Waals surface area contributed by atoms with Gasteiger partial charge in [0.15, 0.2) is 0 Å². The molecule has 0 aromatic heterocycles. The van der Waals surface area contributed by atoms with E-state index in [-0.39, 0.29) is 0 Å². The lowest BCUT2D eigenvalue weighted by Crippen LogP contribution is -2.19. The minimum absolute atomic E-state index is 0.866. The van der Waals surface area contributed by atoms with E-state index in [1.54, 1.807) is 6.34 Å². The molecule has 10 heavy (non-hydrogen) atoms. The monoisotopic (exact) mass is 199 g/mol. The molecule has 0 N–H and O–H groups in total. The van der Waals surface area contributed by atoms with E-state index in [4.69, 9.17) is 0 Å². The Morgan fingerprint density at radius 1 is 1.60 bits per heavy atom. The van der Waals surface area contributed by atoms with Crippen LogP contribution in [0.25, 0.3) is 0 Å². The van der Waals surface area contributed by atoms with Crippen LogP contribution in [-0.2, 0) is 0 Å². The zero-order chi connectivity index (χ0) is 6.97. The van der Waals surface area contributed by atoms with Crippen molar-refractivity contribution in [1.82, 2.24) is 8.93 Å². The van der Waals surface area contributed by atoms with Gasteiger partial charge in [-0.1, -0.05) is 12.2 Å². The highest BCUT2D eigenvalue weighted by Crippen LogP contribution is 2.21. The molecule has 0 fully saturated rings. The number of halogens is 1. The number of allylic oxidation sites excluding steroid dienone is 2. The van der Waals surface area contributed by atoms with Gasteiger partial charge in [0, 0.05) is 0 Å². The molecule has 2 rings (SSSR count). The van der Waals surface area contributed by atoms with Gasteiger partial charge in [0.2, 0.25) is 0 Å². The molecule has 0 saturated carbocycles. The Labute approximate surface area is 67.6 Å². The van der Waals surface area contributed by atoms with Gasteiger partial charge < -0.3 is 0 Å². The van der Waals surface area contributed by atoms with Gasteiger partial charge in [0.1, 0.15) is 12.2 Å². The quantitative estimate of drug-likeness (QED) is 0.548. The topological polar surface area (TPSA) is 18.8 Å². The highest BCUT2D eigenvalue weighted by Gasteiger charge is 2.18. The molecule has 0 saturated heterocycles. The first-order valence-corrected chi connectivity index (χ1v) is 3.72. The summed E-state index contributed by atoms with van der Waals surface area (Å²) in [5.41, 5.74) is 0. The summed E-state index contributed by atoms with van der Waals surface area (Å²) in [6, 6.07) is 0. The average molecular weight is 200 g/mol. The van der Waals surface area contributed by atoms with E-state index in [0.29, 0.717) is 0 Å². The standard InChI is InChI=1S/C6H6BrN3/c7-9-5-8-10-4-2-1-3-6(9)10/h1-3,5H,4H2. The summed E-state index contributed by atoms with van der Waals surface area (Å²) in [4.78, 5) is 0. The molecule has 52 valence electrons. The summed E-state index contributed by atoms with van der Waals surface area (Å²) in [5, 5.41) is 6.02. The van der Waals surface area contributed by atoms with Gasteiger partial charge in [-0.3, -0.25) is 0 Å². The molecule has 0 amide bonds. The number of hydrazone groups is 1. The molecule has 0 unspecified atom stereocenters. The van der Waals surface area contributed by atoms with E-state index in [9.17, 15) is 0 Å². The third-order valence-corrected chi connectivity index (χ3v) is 1.98. The van der Waals surface area contributed by atoms with E-state index >= 15 is 0 Å². The molecule has 0 radical (unpaired) electrons. The Hall–Kier alpha value is -0.770. The van der Waals surface area contributed by atoms with Gasteiger partial charge in [-0.2, -0.15) is 5.10 Å². The fraction of sp³-hybridized carbons (Fsp3) is 0.167. The lowest BCUT2D eigenvalue weighted by molar-refractivity contribution is 0.390. The average Bonchev–Trinajstić information content (AvgIpc) is 2.34. The molecule has 4 heteroatoms. The van der Waals surface area contributed by atoms with Crippen molar-refractivity contribution in [2.75, 3.05) is 6.54 Å². The third-order valence-electron chi connectivity index (χ3n) is 1.44. The van der Waals surface area contributed by atoms with Gasteiger partial charge in [-0.15, -0.1) is 0 Å². The fourth-order valence-electron chi connectivity index (χ4n) is 0.949. The Bertz CT molecular complexity index is 231. The molecule has 0 spiro atoms. The normalized spacial score (nSPS) is 21.5. The van der Waals surface area contributed by atoms with Gasteiger partial charge in [0.25, 0.3) is 0 Å². The first-order valence-electron chi connectivity index (χ1n) is 3.01. The summed E-state index contributed by atoms with van der Waals surface area (Å²) in [5.74, 6) is 1.07. The zero-order valence-corrected chi connectivity index (χ0v) is 6.82. The van der Waals surface area contributed by atoms with Crippen LogP contribution in [0.3, 0.4) is 0 Å². The number of hydrogen-bond acceptors (Lipinski definition) is 3. The van der Waals surface area contributed by atoms with E-state index in [0.717, 1.165) is 12.4 Å². The summed E-state index contributed by atoms with van der Waals surface area (Å²) in [6.07, 6.45) is 7.83. The second-order valence-electron chi connectivity index (χ2n) is 2.08. The number of fused-ring (bicyclic) bond motifs is 1. The Morgan fingerprint density at radius 3 is 3.30 bits per heavy atom. The van der Waals surface area contributed by atoms with Crippen LogP contribution in [0, 0.1) is 0 Å². The zero-order valence-electron chi connectivity index (χ0n) is 5.24. The largest absolute Gasteiger partial charge is 0.249 e. The van der Waals surface area contributed by atoms with Gasteiger partial charge >= 0.3 is 0 Å². The molecule has 2 aliphatic rings. The second-order valence-corrected chi connectivity index (χ2v) is 2.84. The van der Waals surface area contributed by atoms with Crippen LogP contribution >= 0.6 is 16.1 Å². The number of rotatable bonds is 0. The fourth-order valence-corrected chi connectivity index (χ4v) is 1.33. The van der Waals surface area contributed by atoms with E-state index in [2.05, 4.69) is 27.3 Å². The summed E-state index contributed by atoms with van der Waals surface area (Å²) in [7, 11) is 0. The van der Waals surface area contributed by atoms with Crippen LogP contribution < -0.4 is 0 Å². The van der Waals surface area contributed by atoms with Gasteiger partial charge in [-0.25, -0.2) is 8.93 Å². The SMILES string of the molecule is BrN1C=NN2CC=CC=C12. The summed E-state index contributed by atoms with van der Waals surface area (Å²) in [6.45, 7) is 0.866. The highest BCUT2D eigenvalue weighted by molar-refractivity contribution is 9.07. The van der Waals surface area contributed by atoms with Gasteiger partial charge in [0.05, 0.1) is 22.7 Å². The van der Waals surface area contributed by atoms with Crippen molar-refractivity contribution >= 4 is 22.5 Å². The molecular formula is C6H6BrN3. The molecule has 2 aliphatic heterocycles. The van der Waals surface area contributed by atoms with Crippen LogP contribution in [0.4, 0.5) is 0 Å². The second kappa shape index (κ2) is 2.12. The molecule has 0 bridgehead atoms. The van der Waals surface area contributed by atoms with E-state index in [1.165, 1.54) is 0 Å². The van der Waals surface area contributed by atoms with Crippen molar-refractivity contribution in [3.8, 4) is 0 Å². The molecule has 2 heterocycles. The minimum Gasteiger partial charge on any atom is -0.249 e. The molecular weight excluding hydrogens is 194 g/mol. The highest BCUT2D eigenvalue weighted by atomic mass is 79.9. The van der Waals surface area contributed by atoms with Crippen molar-refractivity contribution in [2.24, 2.45) is 5.10 Å². The number of hydrogen-bond donors (Lipinski definition) is 0. The van der Waals surface area contributed by atoms with Crippen LogP contribution in [0.1, 0.15) is 0 Å². The van der Waals surface area contributed by atoms with Crippen molar-refractivity contribution in [2.45, 2.75) is 0 Å². The van der Waals surface area contributed by atoms with Crippen molar-refractivity contribution < 1.29 is 0 Å². The summed E-state index contributed by atoms with van der Waals surface area (Å²) < 4.78 is 1.82. The maximum atomic E-state index is 4.11. The van der Waals surface area contributed by atoms with Crippen LogP contribution in [-0.4, -0.2) is 21.8 Å². The van der Waals surface area contributed by atoms with Crippen LogP contribution in [0.15, 0.2) is 29.2 Å². The molecule has 0 aromatic rings. The van der Waals surface area contributed by atoms with E-state index < -0.39 is 0 Å². The first kappa shape index (κ1) is 5.97. The predicted octanol–water partition coefficient (Wildman–Crippen LogP) is 1.27. The smallest absolute Gasteiger partial charge is 0.141 e. The maximum absolute atomic E-state index is 4.11. The lowest BCUT2D eigenvalue weighted by Gasteiger charge is -2.18. The molecule has 0 aliphatic carbocycles. The Morgan fingerprint density at radius 2 is 2.50 bits per heavy atom. The van der Waals surface area contributed by atoms with Crippen molar-refractivity contribution in [3.05, 3.63) is 24.0 Å². The summed E-state index contributed by atoms with van der Waals surface area (Å²) >= 11 is 3.32.